The minimum atomic E-state index is -4.38. The van der Waals surface area contributed by atoms with E-state index in [0.717, 1.165) is 11.0 Å². The number of hydrogen-bond donors (Lipinski definition) is 1. The standard InChI is InChI=1S/C23H13Cl3N2O6S/c24-14-6-8-17(9-7-14)35(32,33)34-20-13(10-15(25)12-19(20)26)11-18-21(29)27-23(31)28(22(18)30)16-4-2-1-3-5-16/h1-12H,(H,27,29,31)/b18-11+. The number of nitrogens with one attached hydrogen (secondary N) is 1. The summed E-state index contributed by atoms with van der Waals surface area (Å²) in [7, 11) is -4.38. The van der Waals surface area contributed by atoms with Crippen molar-refractivity contribution < 1.29 is 27.0 Å². The number of hydrogen-bond acceptors (Lipinski definition) is 6. The van der Waals surface area contributed by atoms with Crippen LogP contribution < -0.4 is 14.4 Å². The van der Waals surface area contributed by atoms with E-state index in [2.05, 4.69) is 5.32 Å². The molecule has 0 aromatic heterocycles. The molecule has 3 aromatic rings. The number of benzene rings is 3. The highest BCUT2D eigenvalue weighted by Gasteiger charge is 2.37. The maximum atomic E-state index is 13.1. The monoisotopic (exact) mass is 550 g/mol. The predicted octanol–water partition coefficient (Wildman–Crippen LogP) is 5.08. The minimum Gasteiger partial charge on any atom is -0.377 e. The molecule has 0 spiro atoms. The van der Waals surface area contributed by atoms with Gasteiger partial charge in [-0.25, -0.2) is 9.69 Å². The zero-order valence-electron chi connectivity index (χ0n) is 17.4. The summed E-state index contributed by atoms with van der Waals surface area (Å²) in [6, 6.07) is 14.7. The van der Waals surface area contributed by atoms with Crippen molar-refractivity contribution in [1.29, 1.82) is 0 Å². The number of carbonyl (C=O) groups excluding carboxylic acids is 3. The van der Waals surface area contributed by atoms with Crippen LogP contribution in [0.2, 0.25) is 15.1 Å². The first-order chi connectivity index (χ1) is 16.6. The van der Waals surface area contributed by atoms with Crippen LogP contribution in [0.1, 0.15) is 5.56 Å². The molecule has 3 aromatic carbocycles. The summed E-state index contributed by atoms with van der Waals surface area (Å²) in [6.07, 6.45) is 1.05. The van der Waals surface area contributed by atoms with Crippen molar-refractivity contribution in [2.24, 2.45) is 0 Å². The molecule has 0 atom stereocenters. The first kappa shape index (κ1) is 24.7. The molecule has 1 N–H and O–H groups in total. The molecule has 0 saturated carbocycles. The van der Waals surface area contributed by atoms with E-state index in [4.69, 9.17) is 39.0 Å². The number of halogens is 3. The van der Waals surface area contributed by atoms with E-state index in [9.17, 15) is 22.8 Å². The Hall–Kier alpha value is -3.37. The van der Waals surface area contributed by atoms with Crippen LogP contribution >= 0.6 is 34.8 Å². The van der Waals surface area contributed by atoms with Crippen molar-refractivity contribution in [2.75, 3.05) is 4.90 Å². The van der Waals surface area contributed by atoms with Crippen molar-refractivity contribution in [3.63, 3.8) is 0 Å². The number of imide groups is 2. The lowest BCUT2D eigenvalue weighted by atomic mass is 10.1. The van der Waals surface area contributed by atoms with Gasteiger partial charge in [-0.1, -0.05) is 53.0 Å². The van der Waals surface area contributed by atoms with E-state index in [1.165, 1.54) is 48.5 Å². The van der Waals surface area contributed by atoms with Gasteiger partial charge in [0.15, 0.2) is 5.75 Å². The van der Waals surface area contributed by atoms with Gasteiger partial charge in [0, 0.05) is 15.6 Å². The highest BCUT2D eigenvalue weighted by Crippen LogP contribution is 2.36. The Morgan fingerprint density at radius 2 is 1.51 bits per heavy atom. The summed E-state index contributed by atoms with van der Waals surface area (Å²) < 4.78 is 30.9. The number of urea groups is 1. The maximum absolute atomic E-state index is 13.1. The molecule has 1 heterocycles. The molecular formula is C23H13Cl3N2O6S. The predicted molar refractivity (Wildman–Crippen MR) is 131 cm³/mol. The van der Waals surface area contributed by atoms with Gasteiger partial charge in [-0.15, -0.1) is 0 Å². The second kappa shape index (κ2) is 9.71. The molecule has 0 bridgehead atoms. The molecule has 1 aliphatic heterocycles. The van der Waals surface area contributed by atoms with Gasteiger partial charge in [-0.3, -0.25) is 14.9 Å². The van der Waals surface area contributed by atoms with E-state index in [1.807, 2.05) is 0 Å². The Kier molecular flexibility index (Phi) is 6.86. The second-order valence-electron chi connectivity index (χ2n) is 7.09. The van der Waals surface area contributed by atoms with E-state index in [0.29, 0.717) is 5.02 Å². The molecule has 1 fully saturated rings. The number of para-hydroxylation sites is 1. The topological polar surface area (TPSA) is 110 Å². The first-order valence-electron chi connectivity index (χ1n) is 9.72. The lowest BCUT2D eigenvalue weighted by Gasteiger charge is -2.26. The van der Waals surface area contributed by atoms with Gasteiger partial charge >= 0.3 is 16.1 Å². The van der Waals surface area contributed by atoms with Gasteiger partial charge in [0.05, 0.1) is 10.7 Å². The highest BCUT2D eigenvalue weighted by atomic mass is 35.5. The third kappa shape index (κ3) is 5.18. The van der Waals surface area contributed by atoms with Gasteiger partial charge in [0.1, 0.15) is 10.5 Å². The molecule has 0 radical (unpaired) electrons. The second-order valence-corrected chi connectivity index (χ2v) is 9.92. The van der Waals surface area contributed by atoms with Crippen LogP contribution in [0, 0.1) is 0 Å². The van der Waals surface area contributed by atoms with E-state index < -0.39 is 33.5 Å². The normalized spacial score (nSPS) is 15.3. The molecule has 35 heavy (non-hydrogen) atoms. The molecule has 178 valence electrons. The summed E-state index contributed by atoms with van der Waals surface area (Å²) in [5.41, 5.74) is -0.333. The third-order valence-electron chi connectivity index (χ3n) is 4.75. The van der Waals surface area contributed by atoms with Crippen molar-refractivity contribution in [3.8, 4) is 5.75 Å². The molecule has 0 unspecified atom stereocenters. The average molecular weight is 552 g/mol. The Balaban J connectivity index is 1.79. The van der Waals surface area contributed by atoms with Crippen molar-refractivity contribution in [3.05, 3.63) is 92.9 Å². The molecule has 12 heteroatoms. The average Bonchev–Trinajstić information content (AvgIpc) is 2.79. The summed E-state index contributed by atoms with van der Waals surface area (Å²) in [5.74, 6) is -2.30. The lowest BCUT2D eigenvalue weighted by Crippen LogP contribution is -2.54. The molecule has 4 amide bonds. The number of rotatable bonds is 5. The molecule has 1 aliphatic rings. The van der Waals surface area contributed by atoms with Crippen LogP contribution in [0.3, 0.4) is 0 Å². The maximum Gasteiger partial charge on any atom is 0.339 e. The fourth-order valence-electron chi connectivity index (χ4n) is 3.16. The van der Waals surface area contributed by atoms with Crippen LogP contribution in [0.15, 0.2) is 77.2 Å². The highest BCUT2D eigenvalue weighted by molar-refractivity contribution is 7.87. The summed E-state index contributed by atoms with van der Waals surface area (Å²) in [4.78, 5) is 38.5. The van der Waals surface area contributed by atoms with Crippen LogP contribution in [-0.2, 0) is 19.7 Å². The van der Waals surface area contributed by atoms with Gasteiger partial charge in [-0.05, 0) is 54.6 Å². The minimum absolute atomic E-state index is 0.0812. The Morgan fingerprint density at radius 1 is 0.857 bits per heavy atom. The first-order valence-corrected chi connectivity index (χ1v) is 12.3. The number of barbiturate groups is 1. The van der Waals surface area contributed by atoms with Crippen LogP contribution in [0.25, 0.3) is 6.08 Å². The Morgan fingerprint density at radius 3 is 2.17 bits per heavy atom. The van der Waals surface area contributed by atoms with Crippen molar-refractivity contribution >= 4 is 74.5 Å². The van der Waals surface area contributed by atoms with Gasteiger partial charge in [0.25, 0.3) is 11.8 Å². The van der Waals surface area contributed by atoms with E-state index >= 15 is 0 Å². The summed E-state index contributed by atoms with van der Waals surface area (Å²) in [5, 5.41) is 2.28. The van der Waals surface area contributed by atoms with Crippen LogP contribution in [-0.4, -0.2) is 26.3 Å². The fourth-order valence-corrected chi connectivity index (χ4v) is 4.85. The van der Waals surface area contributed by atoms with Gasteiger partial charge < -0.3 is 4.18 Å². The van der Waals surface area contributed by atoms with E-state index in [1.54, 1.807) is 18.2 Å². The number of anilines is 1. The summed E-state index contributed by atoms with van der Waals surface area (Å²) >= 11 is 18.1. The van der Waals surface area contributed by atoms with Gasteiger partial charge in [0.2, 0.25) is 0 Å². The number of amides is 4. The Bertz CT molecular complexity index is 1490. The van der Waals surface area contributed by atoms with E-state index in [-0.39, 0.29) is 31.9 Å². The molecule has 4 rings (SSSR count). The van der Waals surface area contributed by atoms with Crippen molar-refractivity contribution in [2.45, 2.75) is 4.90 Å². The smallest absolute Gasteiger partial charge is 0.339 e. The van der Waals surface area contributed by atoms with Crippen LogP contribution in [0.5, 0.6) is 5.75 Å². The molecule has 1 saturated heterocycles. The quantitative estimate of drug-likeness (QED) is 0.269. The molecule has 0 aliphatic carbocycles. The van der Waals surface area contributed by atoms with Crippen molar-refractivity contribution in [1.82, 2.24) is 5.32 Å². The fraction of sp³-hybridized carbons (Fsp3) is 0. The number of carbonyl (C=O) groups is 3. The number of nitrogens with zero attached hydrogens (tertiary/aromatic N) is 1. The SMILES string of the molecule is O=C1NC(=O)N(c2ccccc2)C(=O)/C1=C/c1cc(Cl)cc(Cl)c1OS(=O)(=O)c1ccc(Cl)cc1. The zero-order valence-corrected chi connectivity index (χ0v) is 20.5. The summed E-state index contributed by atoms with van der Waals surface area (Å²) in [6.45, 7) is 0. The van der Waals surface area contributed by atoms with Crippen LogP contribution in [0.4, 0.5) is 10.5 Å². The lowest BCUT2D eigenvalue weighted by molar-refractivity contribution is -0.122. The molecular weight excluding hydrogens is 539 g/mol. The third-order valence-corrected chi connectivity index (χ3v) is 6.73. The molecule has 8 nitrogen and oxygen atoms in total. The largest absolute Gasteiger partial charge is 0.377 e. The zero-order chi connectivity index (χ0) is 25.3. The van der Waals surface area contributed by atoms with Gasteiger partial charge in [-0.2, -0.15) is 8.42 Å². The Labute approximate surface area is 214 Å².